The molecule has 0 aromatic heterocycles. The van der Waals surface area contributed by atoms with Gasteiger partial charge in [0, 0.05) is 5.69 Å². The van der Waals surface area contributed by atoms with Gasteiger partial charge in [-0.3, -0.25) is 4.79 Å². The van der Waals surface area contributed by atoms with Crippen LogP contribution in [-0.2, 0) is 11.0 Å². The number of anilines is 1. The van der Waals surface area contributed by atoms with Gasteiger partial charge < -0.3 is 11.1 Å². The van der Waals surface area contributed by atoms with Gasteiger partial charge in [-0.25, -0.2) is 0 Å². The molecule has 3 nitrogen and oxygen atoms in total. The van der Waals surface area contributed by atoms with Crippen LogP contribution in [0.2, 0.25) is 0 Å². The number of amides is 1. The molecule has 0 heterocycles. The first-order valence-electron chi connectivity index (χ1n) is 5.99. The van der Waals surface area contributed by atoms with Crippen LogP contribution in [0.4, 0.5) is 18.9 Å². The molecule has 0 aliphatic carbocycles. The Labute approximate surface area is 122 Å². The lowest BCUT2D eigenvalue weighted by atomic mass is 9.99. The highest BCUT2D eigenvalue weighted by Crippen LogP contribution is 2.30. The molecular weight excluding hydrogens is 293 g/mol. The van der Waals surface area contributed by atoms with Gasteiger partial charge in [0.15, 0.2) is 0 Å². The van der Waals surface area contributed by atoms with E-state index >= 15 is 0 Å². The second-order valence-electron chi connectivity index (χ2n) is 4.48. The number of alkyl halides is 3. The van der Waals surface area contributed by atoms with Crippen molar-refractivity contribution in [2.75, 3.05) is 5.32 Å². The van der Waals surface area contributed by atoms with E-state index in [2.05, 4.69) is 5.32 Å². The Morgan fingerprint density at radius 3 is 2.50 bits per heavy atom. The lowest BCUT2D eigenvalue weighted by Crippen LogP contribution is -2.40. The van der Waals surface area contributed by atoms with E-state index in [4.69, 9.17) is 5.73 Å². The first kappa shape index (κ1) is 18.7. The van der Waals surface area contributed by atoms with Crippen LogP contribution in [0.3, 0.4) is 0 Å². The van der Waals surface area contributed by atoms with Crippen molar-refractivity contribution in [2.45, 2.75) is 32.5 Å². The zero-order valence-corrected chi connectivity index (χ0v) is 12.0. The Morgan fingerprint density at radius 2 is 2.00 bits per heavy atom. The third-order valence-corrected chi connectivity index (χ3v) is 3.02. The molecule has 7 heteroatoms. The van der Waals surface area contributed by atoms with Crippen LogP contribution in [0.5, 0.6) is 0 Å². The first-order valence-corrected chi connectivity index (χ1v) is 5.99. The Kier molecular flexibility index (Phi) is 7.02. The molecular formula is C13H18ClF3N2O. The highest BCUT2D eigenvalue weighted by molar-refractivity contribution is 5.94. The minimum atomic E-state index is -4.43. The largest absolute Gasteiger partial charge is 0.416 e. The van der Waals surface area contributed by atoms with Crippen molar-refractivity contribution < 1.29 is 18.0 Å². The van der Waals surface area contributed by atoms with Gasteiger partial charge >= 0.3 is 6.18 Å². The Morgan fingerprint density at radius 1 is 1.40 bits per heavy atom. The fraction of sp³-hybridized carbons (Fsp3) is 0.462. The lowest BCUT2D eigenvalue weighted by molar-refractivity contribution is -0.137. The molecule has 0 aliphatic rings. The minimum Gasteiger partial charge on any atom is -0.325 e. The molecule has 2 atom stereocenters. The summed E-state index contributed by atoms with van der Waals surface area (Å²) < 4.78 is 37.5. The summed E-state index contributed by atoms with van der Waals surface area (Å²) in [6, 6.07) is 3.74. The molecule has 2 unspecified atom stereocenters. The maximum Gasteiger partial charge on any atom is 0.416 e. The van der Waals surface area contributed by atoms with Crippen molar-refractivity contribution >= 4 is 24.0 Å². The highest BCUT2D eigenvalue weighted by Gasteiger charge is 2.30. The molecule has 1 amide bonds. The number of hydrogen-bond acceptors (Lipinski definition) is 2. The van der Waals surface area contributed by atoms with E-state index in [-0.39, 0.29) is 24.0 Å². The maximum absolute atomic E-state index is 12.5. The number of benzene rings is 1. The van der Waals surface area contributed by atoms with Crippen LogP contribution in [0.1, 0.15) is 25.8 Å². The Balaban J connectivity index is 0.00000361. The van der Waals surface area contributed by atoms with E-state index in [1.54, 1.807) is 0 Å². The monoisotopic (exact) mass is 310 g/mol. The van der Waals surface area contributed by atoms with Crippen LogP contribution in [0, 0.1) is 5.92 Å². The second-order valence-corrected chi connectivity index (χ2v) is 4.48. The van der Waals surface area contributed by atoms with Gasteiger partial charge in [-0.05, 0) is 24.1 Å². The molecule has 114 valence electrons. The summed E-state index contributed by atoms with van der Waals surface area (Å²) in [6.07, 6.45) is -3.71. The normalized spacial score (nSPS) is 14.1. The molecule has 0 saturated heterocycles. The fourth-order valence-electron chi connectivity index (χ4n) is 1.51. The third-order valence-electron chi connectivity index (χ3n) is 3.02. The van der Waals surface area contributed by atoms with Crippen molar-refractivity contribution in [3.63, 3.8) is 0 Å². The number of rotatable bonds is 4. The molecule has 0 saturated carbocycles. The summed E-state index contributed by atoms with van der Waals surface area (Å²) >= 11 is 0. The number of halogens is 4. The van der Waals surface area contributed by atoms with Gasteiger partial charge in [-0.1, -0.05) is 26.3 Å². The summed E-state index contributed by atoms with van der Waals surface area (Å²) in [5.41, 5.74) is 5.00. The summed E-state index contributed by atoms with van der Waals surface area (Å²) in [6.45, 7) is 3.71. The fourth-order valence-corrected chi connectivity index (χ4v) is 1.51. The number of carbonyl (C=O) groups excluding carboxylic acids is 1. The van der Waals surface area contributed by atoms with E-state index in [9.17, 15) is 18.0 Å². The topological polar surface area (TPSA) is 55.1 Å². The molecule has 1 aromatic carbocycles. The molecule has 1 aromatic rings. The zero-order chi connectivity index (χ0) is 14.6. The van der Waals surface area contributed by atoms with Crippen molar-refractivity contribution in [3.8, 4) is 0 Å². The average Bonchev–Trinajstić information content (AvgIpc) is 2.36. The highest BCUT2D eigenvalue weighted by atomic mass is 35.5. The van der Waals surface area contributed by atoms with Gasteiger partial charge in [0.05, 0.1) is 11.6 Å². The molecule has 0 aliphatic heterocycles. The van der Waals surface area contributed by atoms with Gasteiger partial charge in [0.1, 0.15) is 0 Å². The summed E-state index contributed by atoms with van der Waals surface area (Å²) in [5, 5.41) is 2.41. The average molecular weight is 311 g/mol. The zero-order valence-electron chi connectivity index (χ0n) is 11.2. The molecule has 0 fully saturated rings. The quantitative estimate of drug-likeness (QED) is 0.895. The number of hydrogen-bond donors (Lipinski definition) is 2. The molecule has 0 bridgehead atoms. The minimum absolute atomic E-state index is 0. The number of nitrogens with one attached hydrogen (secondary N) is 1. The SMILES string of the molecule is CCC(C)C(N)C(=O)Nc1cccc(C(F)(F)F)c1.Cl. The molecule has 3 N–H and O–H groups in total. The van der Waals surface area contributed by atoms with E-state index in [1.165, 1.54) is 12.1 Å². The summed E-state index contributed by atoms with van der Waals surface area (Å²) in [7, 11) is 0. The number of nitrogens with two attached hydrogens (primary N) is 1. The van der Waals surface area contributed by atoms with Crippen LogP contribution in [0.25, 0.3) is 0 Å². The first-order chi connectivity index (χ1) is 8.75. The predicted octanol–water partition coefficient (Wildman–Crippen LogP) is 3.44. The van der Waals surface area contributed by atoms with Crippen LogP contribution in [0.15, 0.2) is 24.3 Å². The second kappa shape index (κ2) is 7.50. The van der Waals surface area contributed by atoms with Crippen LogP contribution >= 0.6 is 12.4 Å². The molecule has 0 spiro atoms. The summed E-state index contributed by atoms with van der Waals surface area (Å²) in [4.78, 5) is 11.8. The van der Waals surface area contributed by atoms with Crippen LogP contribution < -0.4 is 11.1 Å². The summed E-state index contributed by atoms with van der Waals surface area (Å²) in [5.74, 6) is -0.514. The standard InChI is InChI=1S/C13H17F3N2O.ClH/c1-3-8(2)11(17)12(19)18-10-6-4-5-9(7-10)13(14,15)16;/h4-8,11H,3,17H2,1-2H3,(H,18,19);1H. The van der Waals surface area contributed by atoms with E-state index < -0.39 is 23.7 Å². The van der Waals surface area contributed by atoms with Gasteiger partial charge in [-0.2, -0.15) is 13.2 Å². The van der Waals surface area contributed by atoms with Gasteiger partial charge in [0.2, 0.25) is 5.91 Å². The lowest BCUT2D eigenvalue weighted by Gasteiger charge is -2.18. The molecule has 20 heavy (non-hydrogen) atoms. The molecule has 1 rings (SSSR count). The Hall–Kier alpha value is -1.27. The van der Waals surface area contributed by atoms with Gasteiger partial charge in [0.25, 0.3) is 0 Å². The van der Waals surface area contributed by atoms with Crippen molar-refractivity contribution in [1.82, 2.24) is 0 Å². The smallest absolute Gasteiger partial charge is 0.325 e. The van der Waals surface area contributed by atoms with Crippen molar-refractivity contribution in [3.05, 3.63) is 29.8 Å². The maximum atomic E-state index is 12.5. The van der Waals surface area contributed by atoms with E-state index in [1.807, 2.05) is 13.8 Å². The molecule has 0 radical (unpaired) electrons. The third kappa shape index (κ3) is 5.02. The van der Waals surface area contributed by atoms with E-state index in [0.29, 0.717) is 0 Å². The number of carbonyl (C=O) groups is 1. The van der Waals surface area contributed by atoms with Crippen molar-refractivity contribution in [2.24, 2.45) is 11.7 Å². The van der Waals surface area contributed by atoms with Crippen molar-refractivity contribution in [1.29, 1.82) is 0 Å². The van der Waals surface area contributed by atoms with Gasteiger partial charge in [-0.15, -0.1) is 12.4 Å². The van der Waals surface area contributed by atoms with E-state index in [0.717, 1.165) is 18.6 Å². The Bertz CT molecular complexity index is 451. The predicted molar refractivity (Wildman–Crippen MR) is 74.8 cm³/mol. The van der Waals surface area contributed by atoms with Crippen LogP contribution in [-0.4, -0.2) is 11.9 Å².